The first-order valence-corrected chi connectivity index (χ1v) is 9.73. The van der Waals surface area contributed by atoms with Crippen LogP contribution in [0.5, 0.6) is 5.88 Å². The van der Waals surface area contributed by atoms with Crippen LogP contribution < -0.4 is 10.1 Å². The van der Waals surface area contributed by atoms with Gasteiger partial charge < -0.3 is 15.0 Å². The predicted octanol–water partition coefficient (Wildman–Crippen LogP) is 4.42. The van der Waals surface area contributed by atoms with Crippen LogP contribution in [0.4, 0.5) is 0 Å². The molecule has 2 aromatic heterocycles. The Kier molecular flexibility index (Phi) is 4.51. The lowest BCUT2D eigenvalue weighted by atomic mass is 10.0. The molecule has 1 atom stereocenters. The fraction of sp³-hybridized carbons (Fsp3) is 0.217. The molecule has 5 nitrogen and oxygen atoms in total. The Morgan fingerprint density at radius 3 is 2.79 bits per heavy atom. The number of nitrogens with one attached hydrogen (secondary N) is 2. The Labute approximate surface area is 163 Å². The zero-order valence-electron chi connectivity index (χ0n) is 15.6. The van der Waals surface area contributed by atoms with Crippen LogP contribution in [0.15, 0.2) is 67.1 Å². The molecule has 0 spiro atoms. The monoisotopic (exact) mass is 370 g/mol. The molecule has 0 bridgehead atoms. The summed E-state index contributed by atoms with van der Waals surface area (Å²) >= 11 is 0. The molecule has 1 unspecified atom stereocenters. The molecule has 0 saturated carbocycles. The third-order valence-corrected chi connectivity index (χ3v) is 5.22. The normalized spacial score (nSPS) is 16.9. The second-order valence-corrected chi connectivity index (χ2v) is 7.16. The minimum atomic E-state index is 0.158. The van der Waals surface area contributed by atoms with Crippen LogP contribution in [0.1, 0.15) is 12.8 Å². The van der Waals surface area contributed by atoms with E-state index < -0.39 is 0 Å². The van der Waals surface area contributed by atoms with E-state index in [1.54, 1.807) is 12.4 Å². The van der Waals surface area contributed by atoms with E-state index >= 15 is 0 Å². The summed E-state index contributed by atoms with van der Waals surface area (Å²) in [7, 11) is 0. The van der Waals surface area contributed by atoms with Crippen molar-refractivity contribution < 1.29 is 4.74 Å². The van der Waals surface area contributed by atoms with Crippen molar-refractivity contribution in [2.45, 2.75) is 18.9 Å². The maximum atomic E-state index is 6.05. The highest BCUT2D eigenvalue weighted by Crippen LogP contribution is 2.31. The van der Waals surface area contributed by atoms with Gasteiger partial charge in [0.1, 0.15) is 6.10 Å². The molecule has 5 heteroatoms. The number of piperidine rings is 1. The van der Waals surface area contributed by atoms with Gasteiger partial charge in [-0.3, -0.25) is 4.98 Å². The summed E-state index contributed by atoms with van der Waals surface area (Å²) in [4.78, 5) is 12.4. The molecule has 2 N–H and O–H groups in total. The number of fused-ring (bicyclic) bond motifs is 1. The van der Waals surface area contributed by atoms with Gasteiger partial charge in [-0.25, -0.2) is 4.98 Å². The van der Waals surface area contributed by atoms with Gasteiger partial charge in [-0.2, -0.15) is 0 Å². The smallest absolute Gasteiger partial charge is 0.233 e. The molecular formula is C23H22N4O. The fourth-order valence-corrected chi connectivity index (χ4v) is 3.77. The first-order valence-electron chi connectivity index (χ1n) is 9.73. The van der Waals surface area contributed by atoms with Gasteiger partial charge in [0.05, 0.1) is 18.1 Å². The number of hydrogen-bond donors (Lipinski definition) is 2. The van der Waals surface area contributed by atoms with E-state index in [0.717, 1.165) is 48.1 Å². The van der Waals surface area contributed by atoms with Gasteiger partial charge in [-0.05, 0) is 42.6 Å². The number of benzene rings is 2. The van der Waals surface area contributed by atoms with Gasteiger partial charge in [0.15, 0.2) is 0 Å². The lowest BCUT2D eigenvalue weighted by Gasteiger charge is -2.23. The lowest BCUT2D eigenvalue weighted by Crippen LogP contribution is -2.37. The summed E-state index contributed by atoms with van der Waals surface area (Å²) in [5.74, 6) is 0.583. The second-order valence-electron chi connectivity index (χ2n) is 7.16. The number of nitrogens with zero attached hydrogens (tertiary/aromatic N) is 2. The zero-order chi connectivity index (χ0) is 18.8. The highest BCUT2D eigenvalue weighted by Gasteiger charge is 2.16. The molecule has 0 amide bonds. The molecule has 0 aliphatic carbocycles. The highest BCUT2D eigenvalue weighted by atomic mass is 16.5. The van der Waals surface area contributed by atoms with E-state index in [9.17, 15) is 0 Å². The molecule has 5 rings (SSSR count). The first-order chi connectivity index (χ1) is 13.9. The first kappa shape index (κ1) is 17.0. The molecule has 3 heterocycles. The van der Waals surface area contributed by atoms with E-state index in [-0.39, 0.29) is 6.10 Å². The van der Waals surface area contributed by atoms with Gasteiger partial charge >= 0.3 is 0 Å². The predicted molar refractivity (Wildman–Crippen MR) is 111 cm³/mol. The average molecular weight is 370 g/mol. The molecule has 0 radical (unpaired) electrons. The number of H-pyrrole nitrogens is 1. The van der Waals surface area contributed by atoms with Crippen LogP contribution in [-0.4, -0.2) is 34.1 Å². The Hall–Kier alpha value is -3.18. The quantitative estimate of drug-likeness (QED) is 0.558. The van der Waals surface area contributed by atoms with Gasteiger partial charge in [-0.15, -0.1) is 0 Å². The molecule has 4 aromatic rings. The van der Waals surface area contributed by atoms with Gasteiger partial charge in [-0.1, -0.05) is 36.4 Å². The third kappa shape index (κ3) is 3.37. The van der Waals surface area contributed by atoms with Crippen molar-refractivity contribution in [3.05, 3.63) is 67.1 Å². The van der Waals surface area contributed by atoms with E-state index in [0.29, 0.717) is 5.88 Å². The minimum Gasteiger partial charge on any atom is -0.472 e. The van der Waals surface area contributed by atoms with Crippen LogP contribution in [0.25, 0.3) is 33.3 Å². The van der Waals surface area contributed by atoms with Crippen molar-refractivity contribution in [3.63, 3.8) is 0 Å². The number of hydrogen-bond acceptors (Lipinski definition) is 4. The van der Waals surface area contributed by atoms with Crippen LogP contribution in [0.3, 0.4) is 0 Å². The summed E-state index contributed by atoms with van der Waals surface area (Å²) in [5, 5.41) is 4.50. The van der Waals surface area contributed by atoms with Crippen molar-refractivity contribution in [1.29, 1.82) is 0 Å². The number of aromatic amines is 1. The molecule has 1 aliphatic rings. The van der Waals surface area contributed by atoms with Crippen molar-refractivity contribution in [3.8, 4) is 28.3 Å². The number of aromatic nitrogens is 3. The molecule has 1 fully saturated rings. The molecule has 1 aliphatic heterocycles. The van der Waals surface area contributed by atoms with Gasteiger partial charge in [0.25, 0.3) is 0 Å². The van der Waals surface area contributed by atoms with Crippen LogP contribution in [-0.2, 0) is 0 Å². The summed E-state index contributed by atoms with van der Waals surface area (Å²) in [6.07, 6.45) is 7.82. The number of ether oxygens (including phenoxy) is 1. The van der Waals surface area contributed by atoms with Crippen molar-refractivity contribution in [2.75, 3.05) is 13.1 Å². The van der Waals surface area contributed by atoms with Crippen LogP contribution >= 0.6 is 0 Å². The SMILES string of the molecule is c1ccc(-c2ccc3[nH]cc(-c4cncc(OC5CCCNC5)n4)c3c2)cc1. The molecule has 28 heavy (non-hydrogen) atoms. The zero-order valence-corrected chi connectivity index (χ0v) is 15.6. The summed E-state index contributed by atoms with van der Waals surface area (Å²) in [6, 6.07) is 16.9. The number of rotatable bonds is 4. The van der Waals surface area contributed by atoms with E-state index in [1.165, 1.54) is 11.1 Å². The maximum absolute atomic E-state index is 6.05. The van der Waals surface area contributed by atoms with E-state index in [4.69, 9.17) is 9.72 Å². The summed E-state index contributed by atoms with van der Waals surface area (Å²) < 4.78 is 6.05. The Morgan fingerprint density at radius 2 is 1.93 bits per heavy atom. The fourth-order valence-electron chi connectivity index (χ4n) is 3.77. The molecule has 2 aromatic carbocycles. The standard InChI is InChI=1S/C23H22N4O/c1-2-5-16(6-3-1)17-8-9-21-19(11-17)20(13-26-21)22-14-25-15-23(27-22)28-18-7-4-10-24-12-18/h1-3,5-6,8-9,11,13-15,18,24,26H,4,7,10,12H2. The minimum absolute atomic E-state index is 0.158. The largest absolute Gasteiger partial charge is 0.472 e. The molecule has 1 saturated heterocycles. The van der Waals surface area contributed by atoms with Gasteiger partial charge in [0, 0.05) is 29.2 Å². The third-order valence-electron chi connectivity index (χ3n) is 5.22. The second kappa shape index (κ2) is 7.44. The topological polar surface area (TPSA) is 62.8 Å². The molecule has 140 valence electrons. The van der Waals surface area contributed by atoms with Gasteiger partial charge in [0.2, 0.25) is 5.88 Å². The van der Waals surface area contributed by atoms with E-state index in [2.05, 4.69) is 57.7 Å². The Morgan fingerprint density at radius 1 is 1.00 bits per heavy atom. The maximum Gasteiger partial charge on any atom is 0.233 e. The van der Waals surface area contributed by atoms with Crippen LogP contribution in [0.2, 0.25) is 0 Å². The van der Waals surface area contributed by atoms with Crippen molar-refractivity contribution in [2.24, 2.45) is 0 Å². The Bertz CT molecular complexity index is 1080. The summed E-state index contributed by atoms with van der Waals surface area (Å²) in [6.45, 7) is 1.92. The highest BCUT2D eigenvalue weighted by molar-refractivity contribution is 5.97. The average Bonchev–Trinajstić information content (AvgIpc) is 3.19. The van der Waals surface area contributed by atoms with Crippen molar-refractivity contribution in [1.82, 2.24) is 20.3 Å². The van der Waals surface area contributed by atoms with Crippen molar-refractivity contribution >= 4 is 10.9 Å². The molecular weight excluding hydrogens is 348 g/mol. The van der Waals surface area contributed by atoms with E-state index in [1.807, 2.05) is 12.3 Å². The Balaban J connectivity index is 1.49. The lowest BCUT2D eigenvalue weighted by molar-refractivity contribution is 0.160. The van der Waals surface area contributed by atoms with Crippen LogP contribution in [0, 0.1) is 0 Å². The summed E-state index contributed by atoms with van der Waals surface area (Å²) in [5.41, 5.74) is 5.32.